The fourth-order valence-electron chi connectivity index (χ4n) is 2.91. The van der Waals surface area contributed by atoms with Crippen LogP contribution in [0, 0.1) is 12.8 Å². The SMILES string of the molecule is Cc1cc(Cl)ccc1NC(=O)[C@H]1CC(=O)N(Cc2ccccc2)C1. The lowest BCUT2D eigenvalue weighted by Gasteiger charge is -2.17. The number of hydrogen-bond acceptors (Lipinski definition) is 2. The average Bonchev–Trinajstić information content (AvgIpc) is 2.92. The van der Waals surface area contributed by atoms with Crippen LogP contribution in [0.25, 0.3) is 0 Å². The quantitative estimate of drug-likeness (QED) is 0.922. The number of nitrogens with zero attached hydrogens (tertiary/aromatic N) is 1. The van der Waals surface area contributed by atoms with Crippen molar-refractivity contribution in [2.24, 2.45) is 5.92 Å². The van der Waals surface area contributed by atoms with Gasteiger partial charge in [0.1, 0.15) is 0 Å². The van der Waals surface area contributed by atoms with Gasteiger partial charge in [0, 0.05) is 30.2 Å². The molecule has 124 valence electrons. The fraction of sp³-hybridized carbons (Fsp3) is 0.263. The molecule has 4 nitrogen and oxygen atoms in total. The summed E-state index contributed by atoms with van der Waals surface area (Å²) in [6, 6.07) is 15.1. The Bertz CT molecular complexity index is 761. The second kappa shape index (κ2) is 7.05. The van der Waals surface area contributed by atoms with Gasteiger partial charge in [-0.25, -0.2) is 0 Å². The molecule has 24 heavy (non-hydrogen) atoms. The van der Waals surface area contributed by atoms with E-state index >= 15 is 0 Å². The van der Waals surface area contributed by atoms with E-state index in [1.54, 1.807) is 23.1 Å². The van der Waals surface area contributed by atoms with Crippen LogP contribution in [-0.2, 0) is 16.1 Å². The number of nitrogens with one attached hydrogen (secondary N) is 1. The van der Waals surface area contributed by atoms with Crippen molar-refractivity contribution in [1.29, 1.82) is 0 Å². The molecule has 5 heteroatoms. The first-order valence-corrected chi connectivity index (χ1v) is 8.29. The van der Waals surface area contributed by atoms with Gasteiger partial charge in [0.05, 0.1) is 5.92 Å². The molecule has 0 bridgehead atoms. The van der Waals surface area contributed by atoms with E-state index in [9.17, 15) is 9.59 Å². The summed E-state index contributed by atoms with van der Waals surface area (Å²) >= 11 is 5.93. The minimum atomic E-state index is -0.323. The molecular formula is C19H19ClN2O2. The molecule has 1 atom stereocenters. The van der Waals surface area contributed by atoms with Gasteiger partial charge in [0.2, 0.25) is 11.8 Å². The summed E-state index contributed by atoms with van der Waals surface area (Å²) in [4.78, 5) is 26.4. The second-order valence-corrected chi connectivity index (χ2v) is 6.55. The number of anilines is 1. The van der Waals surface area contributed by atoms with Crippen molar-refractivity contribution in [3.05, 3.63) is 64.7 Å². The highest BCUT2D eigenvalue weighted by atomic mass is 35.5. The Kier molecular flexibility index (Phi) is 4.86. The summed E-state index contributed by atoms with van der Waals surface area (Å²) in [5.74, 6) is -0.424. The van der Waals surface area contributed by atoms with Gasteiger partial charge >= 0.3 is 0 Å². The van der Waals surface area contributed by atoms with Crippen LogP contribution >= 0.6 is 11.6 Å². The number of carbonyl (C=O) groups excluding carboxylic acids is 2. The van der Waals surface area contributed by atoms with Crippen LogP contribution in [0.1, 0.15) is 17.5 Å². The molecule has 1 heterocycles. The predicted octanol–water partition coefficient (Wildman–Crippen LogP) is 3.64. The van der Waals surface area contributed by atoms with Crippen LogP contribution in [0.2, 0.25) is 5.02 Å². The highest BCUT2D eigenvalue weighted by molar-refractivity contribution is 6.30. The Morgan fingerprint density at radius 2 is 2.00 bits per heavy atom. The normalized spacial score (nSPS) is 17.2. The Morgan fingerprint density at radius 3 is 2.71 bits per heavy atom. The lowest BCUT2D eigenvalue weighted by Crippen LogP contribution is -2.28. The summed E-state index contributed by atoms with van der Waals surface area (Å²) < 4.78 is 0. The molecule has 0 unspecified atom stereocenters. The summed E-state index contributed by atoms with van der Waals surface area (Å²) in [5, 5.41) is 3.54. The van der Waals surface area contributed by atoms with Crippen molar-refractivity contribution in [2.45, 2.75) is 19.9 Å². The summed E-state index contributed by atoms with van der Waals surface area (Å²) in [6.07, 6.45) is 0.255. The molecule has 3 rings (SSSR count). The van der Waals surface area contributed by atoms with Crippen molar-refractivity contribution >= 4 is 29.1 Å². The smallest absolute Gasteiger partial charge is 0.229 e. The number of rotatable bonds is 4. The van der Waals surface area contributed by atoms with E-state index in [4.69, 9.17) is 11.6 Å². The van der Waals surface area contributed by atoms with E-state index in [2.05, 4.69) is 5.32 Å². The molecule has 2 aromatic rings. The number of amides is 2. The lowest BCUT2D eigenvalue weighted by molar-refractivity contribution is -0.128. The van der Waals surface area contributed by atoms with Gasteiger partial charge in [-0.1, -0.05) is 41.9 Å². The van der Waals surface area contributed by atoms with Crippen molar-refractivity contribution in [2.75, 3.05) is 11.9 Å². The van der Waals surface area contributed by atoms with E-state index in [1.807, 2.05) is 37.3 Å². The fourth-order valence-corrected chi connectivity index (χ4v) is 3.13. The topological polar surface area (TPSA) is 49.4 Å². The number of carbonyl (C=O) groups is 2. The number of halogens is 1. The minimum absolute atomic E-state index is 0.0202. The number of aryl methyl sites for hydroxylation is 1. The molecular weight excluding hydrogens is 324 g/mol. The molecule has 0 spiro atoms. The van der Waals surface area contributed by atoms with Gasteiger partial charge in [-0.15, -0.1) is 0 Å². The summed E-state index contributed by atoms with van der Waals surface area (Å²) in [6.45, 7) is 2.89. The summed E-state index contributed by atoms with van der Waals surface area (Å²) in [5.41, 5.74) is 2.71. The first-order chi connectivity index (χ1) is 11.5. The highest BCUT2D eigenvalue weighted by Crippen LogP contribution is 2.24. The summed E-state index contributed by atoms with van der Waals surface area (Å²) in [7, 11) is 0. The lowest BCUT2D eigenvalue weighted by atomic mass is 10.1. The van der Waals surface area contributed by atoms with Gasteiger partial charge in [-0.3, -0.25) is 9.59 Å². The van der Waals surface area contributed by atoms with Crippen LogP contribution in [0.3, 0.4) is 0 Å². The van der Waals surface area contributed by atoms with E-state index in [0.717, 1.165) is 16.8 Å². The molecule has 2 amide bonds. The number of likely N-dealkylation sites (tertiary alicyclic amines) is 1. The van der Waals surface area contributed by atoms with Crippen LogP contribution in [-0.4, -0.2) is 23.3 Å². The molecule has 1 fully saturated rings. The van der Waals surface area contributed by atoms with Gasteiger partial charge < -0.3 is 10.2 Å². The molecule has 1 saturated heterocycles. The molecule has 0 aliphatic carbocycles. The molecule has 1 aliphatic heterocycles. The van der Waals surface area contributed by atoms with Crippen molar-refractivity contribution in [1.82, 2.24) is 4.90 Å². The van der Waals surface area contributed by atoms with Gasteiger partial charge in [-0.2, -0.15) is 0 Å². The maximum absolute atomic E-state index is 12.5. The Morgan fingerprint density at radius 1 is 1.25 bits per heavy atom. The highest BCUT2D eigenvalue weighted by Gasteiger charge is 2.34. The van der Waals surface area contributed by atoms with E-state index in [1.165, 1.54) is 0 Å². The zero-order chi connectivity index (χ0) is 17.1. The predicted molar refractivity (Wildman–Crippen MR) is 94.8 cm³/mol. The van der Waals surface area contributed by atoms with E-state index < -0.39 is 0 Å². The second-order valence-electron chi connectivity index (χ2n) is 6.11. The molecule has 0 radical (unpaired) electrons. The molecule has 1 N–H and O–H groups in total. The Labute approximate surface area is 146 Å². The Hall–Kier alpha value is -2.33. The third kappa shape index (κ3) is 3.77. The van der Waals surface area contributed by atoms with Gasteiger partial charge in [0.15, 0.2) is 0 Å². The first-order valence-electron chi connectivity index (χ1n) is 7.91. The maximum atomic E-state index is 12.5. The van der Waals surface area contributed by atoms with Crippen molar-refractivity contribution in [3.8, 4) is 0 Å². The van der Waals surface area contributed by atoms with Crippen LogP contribution < -0.4 is 5.32 Å². The largest absolute Gasteiger partial charge is 0.338 e. The first kappa shape index (κ1) is 16.5. The van der Waals surface area contributed by atoms with E-state index in [0.29, 0.717) is 18.1 Å². The molecule has 2 aromatic carbocycles. The Balaban J connectivity index is 1.63. The zero-order valence-electron chi connectivity index (χ0n) is 13.5. The van der Waals surface area contributed by atoms with Crippen LogP contribution in [0.15, 0.2) is 48.5 Å². The monoisotopic (exact) mass is 342 g/mol. The number of benzene rings is 2. The third-order valence-corrected chi connectivity index (χ3v) is 4.48. The molecule has 1 aliphatic rings. The van der Waals surface area contributed by atoms with Crippen LogP contribution in [0.4, 0.5) is 5.69 Å². The molecule has 0 aromatic heterocycles. The van der Waals surface area contributed by atoms with Crippen molar-refractivity contribution < 1.29 is 9.59 Å². The maximum Gasteiger partial charge on any atom is 0.229 e. The minimum Gasteiger partial charge on any atom is -0.338 e. The standard InChI is InChI=1S/C19H19ClN2O2/c1-13-9-16(20)7-8-17(13)21-19(24)15-10-18(23)22(12-15)11-14-5-3-2-4-6-14/h2-9,15H,10-12H2,1H3,(H,21,24)/t15-/m0/s1. The van der Waals surface area contributed by atoms with Crippen LogP contribution in [0.5, 0.6) is 0 Å². The number of hydrogen-bond donors (Lipinski definition) is 1. The molecule has 0 saturated carbocycles. The third-order valence-electron chi connectivity index (χ3n) is 4.25. The van der Waals surface area contributed by atoms with Crippen molar-refractivity contribution in [3.63, 3.8) is 0 Å². The van der Waals surface area contributed by atoms with E-state index in [-0.39, 0.29) is 24.2 Å². The zero-order valence-corrected chi connectivity index (χ0v) is 14.2. The average molecular weight is 343 g/mol. The van der Waals surface area contributed by atoms with Gasteiger partial charge in [-0.05, 0) is 36.2 Å². The van der Waals surface area contributed by atoms with Gasteiger partial charge in [0.25, 0.3) is 0 Å².